The standard InChI is InChI=1S/C27H28N4O7S/c1-37-18-7-8-22-17(13-18)14-23(38-22)26(33)29-19(12-16-5-6-16)27(34)30-11-9-20-25(30)21(32)15-31(20)39(35,36)24-4-2-3-10-28-24/h2-4,7-8,10,13-14,16,19-20,25H,5-6,9,11-12,15H2,1H3,(H,29,33). The van der Waals surface area contributed by atoms with Crippen LogP contribution in [0.1, 0.15) is 36.2 Å². The van der Waals surface area contributed by atoms with E-state index in [2.05, 4.69) is 10.3 Å². The molecule has 3 aromatic rings. The summed E-state index contributed by atoms with van der Waals surface area (Å²) in [5.74, 6) is -0.259. The van der Waals surface area contributed by atoms with Crippen molar-refractivity contribution in [2.24, 2.45) is 5.92 Å². The summed E-state index contributed by atoms with van der Waals surface area (Å²) in [7, 11) is -2.46. The van der Waals surface area contributed by atoms with Gasteiger partial charge in [0.25, 0.3) is 15.9 Å². The predicted molar refractivity (Wildman–Crippen MR) is 138 cm³/mol. The number of carbonyl (C=O) groups is 3. The lowest BCUT2D eigenvalue weighted by Gasteiger charge is -2.28. The van der Waals surface area contributed by atoms with Crippen LogP contribution in [0.5, 0.6) is 5.75 Å². The topological polar surface area (TPSA) is 139 Å². The van der Waals surface area contributed by atoms with E-state index in [1.807, 2.05) is 0 Å². The fourth-order valence-electron chi connectivity index (χ4n) is 5.56. The summed E-state index contributed by atoms with van der Waals surface area (Å²) in [6.07, 6.45) is 4.08. The predicted octanol–water partition coefficient (Wildman–Crippen LogP) is 1.98. The van der Waals surface area contributed by atoms with Crippen molar-refractivity contribution in [2.45, 2.75) is 48.8 Å². The van der Waals surface area contributed by atoms with Gasteiger partial charge in [-0.25, -0.2) is 13.4 Å². The number of benzene rings is 1. The van der Waals surface area contributed by atoms with Crippen molar-refractivity contribution in [1.29, 1.82) is 0 Å². The smallest absolute Gasteiger partial charge is 0.287 e. The highest BCUT2D eigenvalue weighted by Gasteiger charge is 2.54. The first-order valence-electron chi connectivity index (χ1n) is 12.9. The first-order chi connectivity index (χ1) is 18.8. The summed E-state index contributed by atoms with van der Waals surface area (Å²) in [5.41, 5.74) is 0.513. The number of hydrogen-bond donors (Lipinski definition) is 1. The van der Waals surface area contributed by atoms with Gasteiger partial charge in [0.05, 0.1) is 19.7 Å². The highest BCUT2D eigenvalue weighted by atomic mass is 32.2. The van der Waals surface area contributed by atoms with E-state index in [1.54, 1.807) is 43.5 Å². The van der Waals surface area contributed by atoms with E-state index in [9.17, 15) is 22.8 Å². The van der Waals surface area contributed by atoms with Crippen LogP contribution in [0.25, 0.3) is 11.0 Å². The van der Waals surface area contributed by atoms with Gasteiger partial charge in [-0.2, -0.15) is 4.31 Å². The van der Waals surface area contributed by atoms with Crippen LogP contribution < -0.4 is 10.1 Å². The molecule has 12 heteroatoms. The van der Waals surface area contributed by atoms with Crippen molar-refractivity contribution in [2.75, 3.05) is 20.2 Å². The molecule has 2 aromatic heterocycles. The minimum atomic E-state index is -4.00. The number of rotatable bonds is 8. The Morgan fingerprint density at radius 1 is 1.18 bits per heavy atom. The molecule has 2 saturated heterocycles. The largest absolute Gasteiger partial charge is 0.497 e. The average Bonchev–Trinajstić information content (AvgIpc) is 3.34. The molecular formula is C27H28N4O7S. The number of hydrogen-bond acceptors (Lipinski definition) is 8. The third-order valence-corrected chi connectivity index (χ3v) is 9.48. The van der Waals surface area contributed by atoms with Crippen LogP contribution in [0.4, 0.5) is 0 Å². The number of sulfonamides is 1. The number of likely N-dealkylation sites (tertiary alicyclic amines) is 1. The Balaban J connectivity index is 1.21. The second kappa shape index (κ2) is 9.76. The number of Topliss-reactive ketones (excluding diaryl/α,β-unsaturated/α-hetero) is 1. The maximum absolute atomic E-state index is 13.8. The van der Waals surface area contributed by atoms with E-state index in [0.717, 1.165) is 17.1 Å². The number of fused-ring (bicyclic) bond motifs is 2. The first-order valence-corrected chi connectivity index (χ1v) is 14.3. The zero-order valence-corrected chi connectivity index (χ0v) is 22.1. The van der Waals surface area contributed by atoms with Crippen molar-refractivity contribution in [1.82, 2.24) is 19.5 Å². The molecule has 1 N–H and O–H groups in total. The minimum absolute atomic E-state index is 0.0655. The van der Waals surface area contributed by atoms with Crippen molar-refractivity contribution in [3.63, 3.8) is 0 Å². The molecule has 1 saturated carbocycles. The Labute approximate surface area is 225 Å². The van der Waals surface area contributed by atoms with Crippen LogP contribution in [0.15, 0.2) is 58.1 Å². The Bertz CT molecular complexity index is 1550. The lowest BCUT2D eigenvalue weighted by Crippen LogP contribution is -2.52. The van der Waals surface area contributed by atoms with Crippen LogP contribution in [-0.4, -0.2) is 78.5 Å². The molecular weight excluding hydrogens is 524 g/mol. The number of pyridine rings is 1. The number of nitrogens with one attached hydrogen (secondary N) is 1. The van der Waals surface area contributed by atoms with Gasteiger partial charge in [0, 0.05) is 18.1 Å². The van der Waals surface area contributed by atoms with Crippen LogP contribution in [0.2, 0.25) is 0 Å². The highest BCUT2D eigenvalue weighted by Crippen LogP contribution is 2.37. The third kappa shape index (κ3) is 4.67. The summed E-state index contributed by atoms with van der Waals surface area (Å²) in [6.45, 7) is -0.101. The lowest BCUT2D eigenvalue weighted by molar-refractivity contribution is -0.138. The van der Waals surface area contributed by atoms with Crippen LogP contribution >= 0.6 is 0 Å². The molecule has 6 rings (SSSR count). The fourth-order valence-corrected chi connectivity index (χ4v) is 7.12. The Morgan fingerprint density at radius 2 is 2.00 bits per heavy atom. The highest BCUT2D eigenvalue weighted by molar-refractivity contribution is 7.89. The monoisotopic (exact) mass is 552 g/mol. The van der Waals surface area contributed by atoms with E-state index < -0.39 is 34.1 Å². The number of carbonyl (C=O) groups excluding carboxylic acids is 3. The fraction of sp³-hybridized carbons (Fsp3) is 0.407. The maximum Gasteiger partial charge on any atom is 0.287 e. The summed E-state index contributed by atoms with van der Waals surface area (Å²) in [4.78, 5) is 45.4. The number of aromatic nitrogens is 1. The van der Waals surface area contributed by atoms with E-state index in [0.29, 0.717) is 35.5 Å². The molecule has 3 aliphatic rings. The molecule has 2 aliphatic heterocycles. The molecule has 11 nitrogen and oxygen atoms in total. The Hall–Kier alpha value is -3.77. The number of nitrogens with zero attached hydrogens (tertiary/aromatic N) is 3. The zero-order chi connectivity index (χ0) is 27.3. The van der Waals surface area contributed by atoms with Gasteiger partial charge in [0.15, 0.2) is 16.6 Å². The normalized spacial score (nSPS) is 22.2. The molecule has 2 amide bonds. The SMILES string of the molecule is COc1ccc2oc(C(=O)NC(CC3CC3)C(=O)N3CCC4C3C(=O)CN4S(=O)(=O)c3ccccn3)cc2c1. The van der Waals surface area contributed by atoms with Crippen molar-refractivity contribution < 1.29 is 32.0 Å². The molecule has 1 aromatic carbocycles. The Kier molecular flexibility index (Phi) is 6.38. The van der Waals surface area contributed by atoms with Gasteiger partial charge in [-0.1, -0.05) is 18.9 Å². The second-order valence-corrected chi connectivity index (χ2v) is 12.1. The zero-order valence-electron chi connectivity index (χ0n) is 21.3. The molecule has 3 unspecified atom stereocenters. The van der Waals surface area contributed by atoms with Gasteiger partial charge in [-0.3, -0.25) is 14.4 Å². The summed E-state index contributed by atoms with van der Waals surface area (Å²) < 4.78 is 38.6. The van der Waals surface area contributed by atoms with Gasteiger partial charge in [0.2, 0.25) is 5.91 Å². The number of furan rings is 1. The second-order valence-electron chi connectivity index (χ2n) is 10.2. The van der Waals surface area contributed by atoms with Crippen molar-refractivity contribution >= 4 is 38.6 Å². The van der Waals surface area contributed by atoms with E-state index in [4.69, 9.17) is 9.15 Å². The van der Waals surface area contributed by atoms with E-state index >= 15 is 0 Å². The van der Waals surface area contributed by atoms with E-state index in [1.165, 1.54) is 17.2 Å². The molecule has 3 atom stereocenters. The maximum atomic E-state index is 13.8. The molecule has 0 spiro atoms. The van der Waals surface area contributed by atoms with Crippen molar-refractivity contribution in [3.8, 4) is 5.75 Å². The van der Waals surface area contributed by atoms with Gasteiger partial charge in [0.1, 0.15) is 23.4 Å². The van der Waals surface area contributed by atoms with Crippen LogP contribution in [0.3, 0.4) is 0 Å². The molecule has 204 valence electrons. The number of ether oxygens (including phenoxy) is 1. The summed E-state index contributed by atoms with van der Waals surface area (Å²) >= 11 is 0. The first kappa shape index (κ1) is 25.5. The quantitative estimate of drug-likeness (QED) is 0.448. The molecule has 1 aliphatic carbocycles. The molecule has 0 bridgehead atoms. The van der Waals surface area contributed by atoms with Gasteiger partial charge in [-0.15, -0.1) is 0 Å². The molecule has 0 radical (unpaired) electrons. The third-order valence-electron chi connectivity index (χ3n) is 7.69. The average molecular weight is 553 g/mol. The number of methoxy groups -OCH3 is 1. The summed E-state index contributed by atoms with van der Waals surface area (Å²) in [6, 6.07) is 8.94. The van der Waals surface area contributed by atoms with E-state index in [-0.39, 0.29) is 35.6 Å². The summed E-state index contributed by atoms with van der Waals surface area (Å²) in [5, 5.41) is 3.38. The Morgan fingerprint density at radius 3 is 2.72 bits per heavy atom. The molecule has 3 fully saturated rings. The van der Waals surface area contributed by atoms with Crippen molar-refractivity contribution in [3.05, 3.63) is 54.4 Å². The number of amides is 2. The van der Waals surface area contributed by atoms with Crippen LogP contribution in [-0.2, 0) is 19.6 Å². The lowest BCUT2D eigenvalue weighted by atomic mass is 10.1. The van der Waals surface area contributed by atoms with Gasteiger partial charge < -0.3 is 19.4 Å². The molecule has 4 heterocycles. The van der Waals surface area contributed by atoms with Gasteiger partial charge in [-0.05, 0) is 55.2 Å². The minimum Gasteiger partial charge on any atom is -0.497 e. The molecule has 39 heavy (non-hydrogen) atoms. The number of ketones is 1. The van der Waals surface area contributed by atoms with Gasteiger partial charge >= 0.3 is 0 Å². The van der Waals surface area contributed by atoms with Crippen LogP contribution in [0, 0.1) is 5.92 Å².